The van der Waals surface area contributed by atoms with Crippen LogP contribution in [0.1, 0.15) is 22.5 Å². The standard InChI is InChI=1S/C22H21N5O/c1-15-10-11-19(12-16(15)2)27-21(24-25-26-27)14-23-22(28)13-18-8-5-7-17-6-3-4-9-20(17)18/h3-12H,13-14H2,1-2H3,(H,23,28). The molecule has 1 aromatic heterocycles. The zero-order valence-electron chi connectivity index (χ0n) is 15.9. The summed E-state index contributed by atoms with van der Waals surface area (Å²) in [5.41, 5.74) is 4.26. The van der Waals surface area contributed by atoms with Crippen molar-refractivity contribution in [3.63, 3.8) is 0 Å². The summed E-state index contributed by atoms with van der Waals surface area (Å²) in [6.07, 6.45) is 0.312. The van der Waals surface area contributed by atoms with Gasteiger partial charge in [-0.3, -0.25) is 4.79 Å². The normalized spacial score (nSPS) is 10.9. The van der Waals surface area contributed by atoms with Crippen molar-refractivity contribution in [3.05, 3.63) is 83.2 Å². The Kier molecular flexibility index (Phi) is 4.85. The molecular weight excluding hydrogens is 350 g/mol. The molecule has 1 N–H and O–H groups in total. The van der Waals surface area contributed by atoms with Crippen LogP contribution < -0.4 is 5.32 Å². The second-order valence-electron chi connectivity index (χ2n) is 6.87. The lowest BCUT2D eigenvalue weighted by Gasteiger charge is -2.09. The van der Waals surface area contributed by atoms with Crippen LogP contribution >= 0.6 is 0 Å². The number of carbonyl (C=O) groups excluding carboxylic acids is 1. The van der Waals surface area contributed by atoms with Crippen molar-refractivity contribution in [1.29, 1.82) is 0 Å². The molecule has 140 valence electrons. The maximum Gasteiger partial charge on any atom is 0.224 e. The molecule has 0 aliphatic heterocycles. The van der Waals surface area contributed by atoms with Gasteiger partial charge in [0.05, 0.1) is 18.7 Å². The van der Waals surface area contributed by atoms with Gasteiger partial charge in [-0.2, -0.15) is 4.68 Å². The molecule has 0 atom stereocenters. The zero-order valence-corrected chi connectivity index (χ0v) is 15.9. The van der Waals surface area contributed by atoms with E-state index >= 15 is 0 Å². The fraction of sp³-hybridized carbons (Fsp3) is 0.182. The van der Waals surface area contributed by atoms with Gasteiger partial charge in [0, 0.05) is 0 Å². The number of benzene rings is 3. The Labute approximate surface area is 163 Å². The number of amides is 1. The first-order chi connectivity index (χ1) is 13.6. The van der Waals surface area contributed by atoms with E-state index in [9.17, 15) is 4.79 Å². The number of carbonyl (C=O) groups is 1. The lowest BCUT2D eigenvalue weighted by molar-refractivity contribution is -0.120. The number of hydrogen-bond donors (Lipinski definition) is 1. The van der Waals surface area contributed by atoms with E-state index in [0.29, 0.717) is 12.2 Å². The third kappa shape index (κ3) is 3.62. The van der Waals surface area contributed by atoms with E-state index in [1.807, 2.05) is 48.5 Å². The van der Waals surface area contributed by atoms with E-state index in [1.165, 1.54) is 11.1 Å². The van der Waals surface area contributed by atoms with E-state index < -0.39 is 0 Å². The molecule has 1 amide bonds. The van der Waals surface area contributed by atoms with Gasteiger partial charge in [-0.05, 0) is 63.9 Å². The van der Waals surface area contributed by atoms with E-state index in [1.54, 1.807) is 4.68 Å². The van der Waals surface area contributed by atoms with E-state index in [-0.39, 0.29) is 12.5 Å². The van der Waals surface area contributed by atoms with Crippen LogP contribution in [0, 0.1) is 13.8 Å². The molecule has 3 aromatic carbocycles. The first kappa shape index (κ1) is 17.9. The average molecular weight is 371 g/mol. The van der Waals surface area contributed by atoms with Crippen LogP contribution in [0.4, 0.5) is 0 Å². The number of fused-ring (bicyclic) bond motifs is 1. The molecule has 0 fully saturated rings. The van der Waals surface area contributed by atoms with E-state index in [2.05, 4.69) is 46.8 Å². The molecule has 4 aromatic rings. The van der Waals surface area contributed by atoms with Gasteiger partial charge in [0.2, 0.25) is 5.91 Å². The molecule has 0 unspecified atom stereocenters. The lowest BCUT2D eigenvalue weighted by atomic mass is 10.0. The fourth-order valence-electron chi connectivity index (χ4n) is 3.23. The van der Waals surface area contributed by atoms with Crippen LogP contribution in [0.2, 0.25) is 0 Å². The van der Waals surface area contributed by atoms with E-state index in [0.717, 1.165) is 22.0 Å². The molecule has 0 spiro atoms. The van der Waals surface area contributed by atoms with Crippen molar-refractivity contribution in [2.75, 3.05) is 0 Å². The summed E-state index contributed by atoms with van der Waals surface area (Å²) in [6.45, 7) is 4.38. The van der Waals surface area contributed by atoms with Crippen molar-refractivity contribution in [2.45, 2.75) is 26.8 Å². The Hall–Kier alpha value is -3.54. The van der Waals surface area contributed by atoms with Crippen LogP contribution in [0.3, 0.4) is 0 Å². The van der Waals surface area contributed by atoms with Gasteiger partial charge < -0.3 is 5.32 Å². The van der Waals surface area contributed by atoms with Crippen LogP contribution in [-0.2, 0) is 17.8 Å². The molecule has 4 rings (SSSR count). The highest BCUT2D eigenvalue weighted by Gasteiger charge is 2.12. The van der Waals surface area contributed by atoms with E-state index in [4.69, 9.17) is 0 Å². The molecule has 6 heteroatoms. The highest BCUT2D eigenvalue weighted by molar-refractivity contribution is 5.90. The monoisotopic (exact) mass is 371 g/mol. The second-order valence-corrected chi connectivity index (χ2v) is 6.87. The minimum Gasteiger partial charge on any atom is -0.348 e. The van der Waals surface area contributed by atoms with Crippen molar-refractivity contribution in [2.24, 2.45) is 0 Å². The molecule has 0 saturated heterocycles. The van der Waals surface area contributed by atoms with Crippen LogP contribution in [0.25, 0.3) is 16.5 Å². The Morgan fingerprint density at radius 2 is 1.82 bits per heavy atom. The first-order valence-electron chi connectivity index (χ1n) is 9.20. The molecule has 0 bridgehead atoms. The third-order valence-electron chi connectivity index (χ3n) is 4.94. The van der Waals surface area contributed by atoms with Crippen molar-refractivity contribution in [3.8, 4) is 5.69 Å². The van der Waals surface area contributed by atoms with Crippen molar-refractivity contribution < 1.29 is 4.79 Å². The third-order valence-corrected chi connectivity index (χ3v) is 4.94. The number of aryl methyl sites for hydroxylation is 2. The zero-order chi connectivity index (χ0) is 19.5. The number of nitrogens with zero attached hydrogens (tertiary/aromatic N) is 4. The SMILES string of the molecule is Cc1ccc(-n2nnnc2CNC(=O)Cc2cccc3ccccc23)cc1C. The van der Waals surface area contributed by atoms with Gasteiger partial charge in [-0.15, -0.1) is 5.10 Å². The molecular formula is C22H21N5O. The Morgan fingerprint density at radius 3 is 2.68 bits per heavy atom. The summed E-state index contributed by atoms with van der Waals surface area (Å²) in [7, 11) is 0. The van der Waals surface area contributed by atoms with Crippen LogP contribution in [0.5, 0.6) is 0 Å². The molecule has 6 nitrogen and oxygen atoms in total. The smallest absolute Gasteiger partial charge is 0.224 e. The van der Waals surface area contributed by atoms with Gasteiger partial charge in [-0.1, -0.05) is 48.5 Å². The average Bonchev–Trinajstić information content (AvgIpc) is 3.17. The minimum atomic E-state index is -0.0639. The number of rotatable bonds is 5. The number of nitrogens with one attached hydrogen (secondary N) is 1. The van der Waals surface area contributed by atoms with Gasteiger partial charge in [0.15, 0.2) is 5.82 Å². The summed E-state index contributed by atoms with van der Waals surface area (Å²) in [6, 6.07) is 20.1. The maximum atomic E-state index is 12.5. The highest BCUT2D eigenvalue weighted by atomic mass is 16.1. The summed E-state index contributed by atoms with van der Waals surface area (Å²) in [5.74, 6) is 0.528. The molecule has 0 radical (unpaired) electrons. The van der Waals surface area contributed by atoms with Crippen LogP contribution in [0.15, 0.2) is 60.7 Å². The first-order valence-corrected chi connectivity index (χ1v) is 9.20. The fourth-order valence-corrected chi connectivity index (χ4v) is 3.23. The number of aromatic nitrogens is 4. The lowest BCUT2D eigenvalue weighted by Crippen LogP contribution is -2.26. The molecule has 0 saturated carbocycles. The quantitative estimate of drug-likeness (QED) is 0.584. The number of hydrogen-bond acceptors (Lipinski definition) is 4. The number of tetrazole rings is 1. The Morgan fingerprint density at radius 1 is 1.00 bits per heavy atom. The van der Waals surface area contributed by atoms with Crippen molar-refractivity contribution in [1.82, 2.24) is 25.5 Å². The second kappa shape index (κ2) is 7.60. The molecule has 1 heterocycles. The van der Waals surface area contributed by atoms with Gasteiger partial charge in [0.1, 0.15) is 0 Å². The summed E-state index contributed by atoms with van der Waals surface area (Å²) in [4.78, 5) is 12.5. The summed E-state index contributed by atoms with van der Waals surface area (Å²) < 4.78 is 1.66. The summed E-state index contributed by atoms with van der Waals surface area (Å²) >= 11 is 0. The highest BCUT2D eigenvalue weighted by Crippen LogP contribution is 2.19. The predicted molar refractivity (Wildman–Crippen MR) is 108 cm³/mol. The van der Waals surface area contributed by atoms with Crippen molar-refractivity contribution >= 4 is 16.7 Å². The van der Waals surface area contributed by atoms with Gasteiger partial charge in [-0.25, -0.2) is 0 Å². The van der Waals surface area contributed by atoms with Gasteiger partial charge in [0.25, 0.3) is 0 Å². The summed E-state index contributed by atoms with van der Waals surface area (Å²) in [5, 5.41) is 17.1. The maximum absolute atomic E-state index is 12.5. The topological polar surface area (TPSA) is 72.7 Å². The largest absolute Gasteiger partial charge is 0.348 e. The van der Waals surface area contributed by atoms with Crippen LogP contribution in [-0.4, -0.2) is 26.1 Å². The molecule has 28 heavy (non-hydrogen) atoms. The molecule has 0 aliphatic carbocycles. The minimum absolute atomic E-state index is 0.0639. The molecule has 0 aliphatic rings. The Bertz CT molecular complexity index is 1140. The predicted octanol–water partition coefficient (Wildman–Crippen LogP) is 3.29. The van der Waals surface area contributed by atoms with Gasteiger partial charge >= 0.3 is 0 Å². The Balaban J connectivity index is 1.47.